The van der Waals surface area contributed by atoms with Gasteiger partial charge in [0.25, 0.3) is 0 Å². The van der Waals surface area contributed by atoms with Crippen LogP contribution in [0.25, 0.3) is 6.08 Å². The molecule has 8 heteroatoms. The van der Waals surface area contributed by atoms with Gasteiger partial charge in [-0.3, -0.25) is 4.79 Å². The molecule has 0 fully saturated rings. The van der Waals surface area contributed by atoms with Crippen LogP contribution in [0.3, 0.4) is 0 Å². The molecule has 0 aliphatic heterocycles. The predicted molar refractivity (Wildman–Crippen MR) is 81.3 cm³/mol. The summed E-state index contributed by atoms with van der Waals surface area (Å²) in [5.74, 6) is -1.00. The summed E-state index contributed by atoms with van der Waals surface area (Å²) in [6.45, 7) is -2.43. The summed E-state index contributed by atoms with van der Waals surface area (Å²) < 4.78 is 57.7. The zero-order valence-corrected chi connectivity index (χ0v) is 13.5. The highest BCUT2D eigenvalue weighted by atomic mass is 19.3. The number of amides is 1. The molecule has 4 nitrogen and oxygen atoms in total. The van der Waals surface area contributed by atoms with E-state index in [9.17, 15) is 22.4 Å². The van der Waals surface area contributed by atoms with Crippen LogP contribution in [-0.2, 0) is 4.79 Å². The van der Waals surface area contributed by atoms with Gasteiger partial charge in [0.05, 0.1) is 0 Å². The van der Waals surface area contributed by atoms with Crippen molar-refractivity contribution in [3.8, 4) is 11.5 Å². The fourth-order valence-corrected chi connectivity index (χ4v) is 1.80. The molecule has 0 heterocycles. The van der Waals surface area contributed by atoms with Gasteiger partial charge >= 0.3 is 13.2 Å². The Morgan fingerprint density at radius 3 is 2.38 bits per heavy atom. The third-order valence-electron chi connectivity index (χ3n) is 3.43. The molecule has 0 saturated carbocycles. The first-order valence-electron chi connectivity index (χ1n) is 7.23. The number of hydrogen-bond acceptors (Lipinski definition) is 3. The fraction of sp³-hybridized carbons (Fsp3) is 0.438. The molecule has 24 heavy (non-hydrogen) atoms. The Morgan fingerprint density at radius 1 is 1.21 bits per heavy atom. The molecule has 0 bridgehead atoms. The first kappa shape index (κ1) is 19.8. The minimum Gasteiger partial charge on any atom is -0.435 e. The van der Waals surface area contributed by atoms with Crippen LogP contribution in [0, 0.1) is 0 Å². The van der Waals surface area contributed by atoms with Crippen LogP contribution in [0.2, 0.25) is 0 Å². The van der Waals surface area contributed by atoms with E-state index in [4.69, 9.17) is 0 Å². The third-order valence-corrected chi connectivity index (χ3v) is 3.43. The van der Waals surface area contributed by atoms with Gasteiger partial charge in [0.15, 0.2) is 0 Å². The summed E-state index contributed by atoms with van der Waals surface area (Å²) in [4.78, 5) is 13.5. The number of benzene rings is 1. The third kappa shape index (κ3) is 6.10. The molecule has 134 valence electrons. The average Bonchev–Trinajstić information content (AvgIpc) is 2.51. The first-order chi connectivity index (χ1) is 11.2. The topological polar surface area (TPSA) is 38.8 Å². The molecule has 0 aromatic heterocycles. The average molecular weight is 349 g/mol. The lowest BCUT2D eigenvalue weighted by molar-refractivity contribution is -0.126. The van der Waals surface area contributed by atoms with E-state index in [0.717, 1.165) is 12.5 Å². The van der Waals surface area contributed by atoms with E-state index >= 15 is 0 Å². The summed E-state index contributed by atoms with van der Waals surface area (Å²) in [6, 6.07) is 3.36. The number of carbonyl (C=O) groups is 1. The lowest BCUT2D eigenvalue weighted by Crippen LogP contribution is -2.33. The van der Waals surface area contributed by atoms with Crippen LogP contribution in [0.1, 0.15) is 25.8 Å². The number of nitrogens with zero attached hydrogens (tertiary/aromatic N) is 1. The van der Waals surface area contributed by atoms with Crippen molar-refractivity contribution in [1.82, 2.24) is 4.90 Å². The van der Waals surface area contributed by atoms with Crippen LogP contribution in [0.15, 0.2) is 24.3 Å². The Kier molecular flexibility index (Phi) is 7.54. The minimum absolute atomic E-state index is 0.0146. The number of hydrogen-bond donors (Lipinski definition) is 0. The molecule has 0 radical (unpaired) electrons. The molecule has 0 aliphatic rings. The van der Waals surface area contributed by atoms with E-state index in [1.165, 1.54) is 29.2 Å². The SMILES string of the molecule is CCC(C)N(C)C(=O)/C=C/c1ccc(OC(F)F)cc1OC(F)F. The normalized spacial score (nSPS) is 12.7. The number of carbonyl (C=O) groups excluding carboxylic acids is 1. The highest BCUT2D eigenvalue weighted by Crippen LogP contribution is 2.28. The number of halogens is 4. The van der Waals surface area contributed by atoms with Gasteiger partial charge in [-0.15, -0.1) is 0 Å². The molecule has 1 rings (SSSR count). The molecule has 1 aromatic rings. The second-order valence-electron chi connectivity index (χ2n) is 5.00. The maximum Gasteiger partial charge on any atom is 0.387 e. The molecule has 1 unspecified atom stereocenters. The molecule has 1 amide bonds. The molecule has 1 aromatic carbocycles. The molecule has 1 atom stereocenters. The number of likely N-dealkylation sites (N-methyl/N-ethyl adjacent to an activating group) is 1. The van der Waals surface area contributed by atoms with E-state index in [0.29, 0.717) is 0 Å². The zero-order valence-electron chi connectivity index (χ0n) is 13.5. The van der Waals surface area contributed by atoms with Gasteiger partial charge < -0.3 is 14.4 Å². The van der Waals surface area contributed by atoms with E-state index < -0.39 is 13.2 Å². The van der Waals surface area contributed by atoms with E-state index in [-0.39, 0.29) is 29.0 Å². The van der Waals surface area contributed by atoms with Crippen LogP contribution in [0.5, 0.6) is 11.5 Å². The van der Waals surface area contributed by atoms with Crippen LogP contribution in [0.4, 0.5) is 17.6 Å². The van der Waals surface area contributed by atoms with Gasteiger partial charge in [-0.05, 0) is 31.6 Å². The monoisotopic (exact) mass is 349 g/mol. The molecule has 0 spiro atoms. The highest BCUT2D eigenvalue weighted by Gasteiger charge is 2.14. The van der Waals surface area contributed by atoms with Gasteiger partial charge in [0, 0.05) is 30.8 Å². The predicted octanol–water partition coefficient (Wildman–Crippen LogP) is 4.16. The Bertz CT molecular complexity index is 578. The van der Waals surface area contributed by atoms with E-state index in [1.54, 1.807) is 7.05 Å². The molecule has 0 saturated heterocycles. The van der Waals surface area contributed by atoms with Crippen molar-refractivity contribution >= 4 is 12.0 Å². The Balaban J connectivity index is 3.00. The molecular formula is C16H19F4NO3. The zero-order chi connectivity index (χ0) is 18.3. The van der Waals surface area contributed by atoms with Crippen molar-refractivity contribution in [3.05, 3.63) is 29.8 Å². The minimum atomic E-state index is -3.14. The summed E-state index contributed by atoms with van der Waals surface area (Å²) in [6.07, 6.45) is 3.24. The molecule has 0 N–H and O–H groups in total. The molecule has 0 aliphatic carbocycles. The van der Waals surface area contributed by atoms with Crippen molar-refractivity contribution in [2.24, 2.45) is 0 Å². The number of alkyl halides is 4. The largest absolute Gasteiger partial charge is 0.435 e. The van der Waals surface area contributed by atoms with Gasteiger partial charge in [-0.1, -0.05) is 6.92 Å². The number of rotatable bonds is 8. The Morgan fingerprint density at radius 2 is 1.83 bits per heavy atom. The van der Waals surface area contributed by atoms with Crippen molar-refractivity contribution < 1.29 is 31.8 Å². The van der Waals surface area contributed by atoms with Gasteiger partial charge in [0.2, 0.25) is 5.91 Å². The van der Waals surface area contributed by atoms with Crippen molar-refractivity contribution in [2.75, 3.05) is 7.05 Å². The summed E-state index contributed by atoms with van der Waals surface area (Å²) in [5.41, 5.74) is 0.141. The summed E-state index contributed by atoms with van der Waals surface area (Å²) in [5, 5.41) is 0. The quantitative estimate of drug-likeness (QED) is 0.523. The van der Waals surface area contributed by atoms with Crippen LogP contribution in [-0.4, -0.2) is 37.1 Å². The first-order valence-corrected chi connectivity index (χ1v) is 7.23. The second kappa shape index (κ2) is 9.14. The van der Waals surface area contributed by atoms with Crippen LogP contribution >= 0.6 is 0 Å². The standard InChI is InChI=1S/C16H19F4NO3/c1-4-10(2)21(3)14(22)8-6-11-5-7-12(23-15(17)18)9-13(11)24-16(19)20/h5-10,15-16H,4H2,1-3H3/b8-6+. The summed E-state index contributed by atoms with van der Waals surface area (Å²) >= 11 is 0. The second-order valence-corrected chi connectivity index (χ2v) is 5.00. The van der Waals surface area contributed by atoms with Gasteiger partial charge in [0.1, 0.15) is 11.5 Å². The lowest BCUT2D eigenvalue weighted by Gasteiger charge is -2.22. The van der Waals surface area contributed by atoms with Gasteiger partial charge in [-0.25, -0.2) is 0 Å². The van der Waals surface area contributed by atoms with Crippen LogP contribution < -0.4 is 9.47 Å². The smallest absolute Gasteiger partial charge is 0.387 e. The maximum atomic E-state index is 12.5. The summed E-state index contributed by atoms with van der Waals surface area (Å²) in [7, 11) is 1.62. The fourth-order valence-electron chi connectivity index (χ4n) is 1.80. The number of ether oxygens (including phenoxy) is 2. The van der Waals surface area contributed by atoms with Crippen molar-refractivity contribution in [3.63, 3.8) is 0 Å². The molecular weight excluding hydrogens is 330 g/mol. The van der Waals surface area contributed by atoms with E-state index in [2.05, 4.69) is 9.47 Å². The van der Waals surface area contributed by atoms with E-state index in [1.807, 2.05) is 13.8 Å². The van der Waals surface area contributed by atoms with Crippen molar-refractivity contribution in [1.29, 1.82) is 0 Å². The van der Waals surface area contributed by atoms with Gasteiger partial charge in [-0.2, -0.15) is 17.6 Å². The maximum absolute atomic E-state index is 12.5. The Hall–Kier alpha value is -2.25. The Labute approximate surface area is 137 Å². The highest BCUT2D eigenvalue weighted by molar-refractivity contribution is 5.92. The lowest BCUT2D eigenvalue weighted by atomic mass is 10.1. The van der Waals surface area contributed by atoms with Crippen molar-refractivity contribution in [2.45, 2.75) is 39.5 Å².